The summed E-state index contributed by atoms with van der Waals surface area (Å²) in [5, 5.41) is 10.4. The van der Waals surface area contributed by atoms with E-state index in [1.54, 1.807) is 11.0 Å². The van der Waals surface area contributed by atoms with Crippen LogP contribution in [0, 0.1) is 13.8 Å². The Bertz CT molecular complexity index is 1360. The number of aryl methyl sites for hydroxylation is 1. The minimum absolute atomic E-state index is 0.338. The third-order valence-corrected chi connectivity index (χ3v) is 7.51. The van der Waals surface area contributed by atoms with Crippen molar-refractivity contribution in [2.24, 2.45) is 0 Å². The fourth-order valence-electron chi connectivity index (χ4n) is 5.36. The molecule has 4 heterocycles. The van der Waals surface area contributed by atoms with Crippen LogP contribution in [0.2, 0.25) is 0 Å². The van der Waals surface area contributed by atoms with E-state index in [0.29, 0.717) is 30.6 Å². The van der Waals surface area contributed by atoms with Crippen molar-refractivity contribution >= 4 is 22.3 Å². The van der Waals surface area contributed by atoms with Crippen LogP contribution in [0.4, 0.5) is 0 Å². The summed E-state index contributed by atoms with van der Waals surface area (Å²) in [5.41, 5.74) is 8.89. The molecule has 1 aliphatic rings. The van der Waals surface area contributed by atoms with Crippen molar-refractivity contribution in [3.8, 4) is 11.4 Å². The Morgan fingerprint density at radius 2 is 1.94 bits per heavy atom. The topological polar surface area (TPSA) is 79.2 Å². The van der Waals surface area contributed by atoms with Crippen molar-refractivity contribution in [2.45, 2.75) is 65.7 Å². The van der Waals surface area contributed by atoms with Crippen molar-refractivity contribution in [1.29, 1.82) is 0 Å². The Kier molecular flexibility index (Phi) is 5.98. The molecule has 4 aromatic rings. The number of Topliss-reactive ketones (excluding diaryl/α,β-unsaturated/α-hetero) is 1. The Morgan fingerprint density at radius 1 is 1.18 bits per heavy atom. The van der Waals surface area contributed by atoms with E-state index in [-0.39, 0.29) is 0 Å². The van der Waals surface area contributed by atoms with Gasteiger partial charge in [0.2, 0.25) is 0 Å². The van der Waals surface area contributed by atoms with E-state index in [4.69, 9.17) is 5.10 Å². The first-order valence-corrected chi connectivity index (χ1v) is 12.4. The van der Waals surface area contributed by atoms with Gasteiger partial charge < -0.3 is 4.98 Å². The van der Waals surface area contributed by atoms with E-state index >= 15 is 0 Å². The molecule has 0 saturated carbocycles. The van der Waals surface area contributed by atoms with Crippen LogP contribution in [0.1, 0.15) is 74.1 Å². The van der Waals surface area contributed by atoms with Gasteiger partial charge in [-0.25, -0.2) is 4.98 Å². The van der Waals surface area contributed by atoms with Crippen LogP contribution in [0.3, 0.4) is 0 Å². The first kappa shape index (κ1) is 22.7. The summed E-state index contributed by atoms with van der Waals surface area (Å²) in [6, 6.07) is 6.89. The molecule has 1 aromatic carbocycles. The molecule has 0 unspecified atom stereocenters. The van der Waals surface area contributed by atoms with Crippen molar-refractivity contribution in [2.75, 3.05) is 19.6 Å². The van der Waals surface area contributed by atoms with Gasteiger partial charge in [0.1, 0.15) is 17.8 Å². The van der Waals surface area contributed by atoms with Gasteiger partial charge in [0.05, 0.1) is 12.2 Å². The SMILES string of the molecule is CCC(=O)CN1CCC(c2ccc3[nH]c(-c4nn5ncnc5c(C)c4C)c(C(C)C)c3c2)CC1. The number of fused-ring (bicyclic) bond motifs is 2. The molecule has 1 saturated heterocycles. The summed E-state index contributed by atoms with van der Waals surface area (Å²) in [6.07, 6.45) is 4.38. The van der Waals surface area contributed by atoms with Gasteiger partial charge in [0, 0.05) is 22.9 Å². The quantitative estimate of drug-likeness (QED) is 0.431. The molecule has 34 heavy (non-hydrogen) atoms. The van der Waals surface area contributed by atoms with Crippen molar-refractivity contribution in [3.63, 3.8) is 0 Å². The average molecular weight is 459 g/mol. The maximum absolute atomic E-state index is 11.8. The van der Waals surface area contributed by atoms with E-state index in [2.05, 4.69) is 65.9 Å². The number of benzene rings is 1. The maximum Gasteiger partial charge on any atom is 0.179 e. The number of likely N-dealkylation sites (tertiary alicyclic amines) is 1. The van der Waals surface area contributed by atoms with E-state index in [0.717, 1.165) is 59.6 Å². The molecule has 178 valence electrons. The molecule has 1 N–H and O–H groups in total. The zero-order valence-electron chi connectivity index (χ0n) is 20.9. The number of carbonyl (C=O) groups excluding carboxylic acids is 1. The van der Waals surface area contributed by atoms with Gasteiger partial charge in [-0.3, -0.25) is 9.69 Å². The molecule has 0 aliphatic carbocycles. The lowest BCUT2D eigenvalue weighted by Gasteiger charge is -2.31. The third kappa shape index (κ3) is 3.92. The molecular formula is C27H34N6O. The fraction of sp³-hybridized carbons (Fsp3) is 0.481. The van der Waals surface area contributed by atoms with E-state index in [9.17, 15) is 4.79 Å². The molecule has 7 nitrogen and oxygen atoms in total. The average Bonchev–Trinajstić information content (AvgIpc) is 3.46. The zero-order valence-corrected chi connectivity index (χ0v) is 20.9. The second-order valence-corrected chi connectivity index (χ2v) is 9.99. The monoisotopic (exact) mass is 458 g/mol. The molecule has 5 rings (SSSR count). The molecule has 1 aliphatic heterocycles. The van der Waals surface area contributed by atoms with E-state index in [1.165, 1.54) is 16.5 Å². The highest BCUT2D eigenvalue weighted by Gasteiger charge is 2.25. The second kappa shape index (κ2) is 8.95. The molecule has 0 atom stereocenters. The van der Waals surface area contributed by atoms with Crippen LogP contribution in [0.25, 0.3) is 27.9 Å². The Balaban J connectivity index is 1.52. The van der Waals surface area contributed by atoms with Gasteiger partial charge in [-0.05, 0) is 80.4 Å². The van der Waals surface area contributed by atoms with Crippen molar-refractivity contribution in [3.05, 3.63) is 46.8 Å². The highest BCUT2D eigenvalue weighted by atomic mass is 16.1. The Hall–Kier alpha value is -3.06. The van der Waals surface area contributed by atoms with E-state index in [1.807, 2.05) is 6.92 Å². The molecule has 0 amide bonds. The number of aromatic amines is 1. The minimum Gasteiger partial charge on any atom is -0.353 e. The summed E-state index contributed by atoms with van der Waals surface area (Å²) >= 11 is 0. The molecule has 0 radical (unpaired) electrons. The van der Waals surface area contributed by atoms with Gasteiger partial charge in [-0.2, -0.15) is 0 Å². The van der Waals surface area contributed by atoms with Gasteiger partial charge in [-0.15, -0.1) is 14.8 Å². The third-order valence-electron chi connectivity index (χ3n) is 7.51. The predicted molar refractivity (Wildman–Crippen MR) is 135 cm³/mol. The fourth-order valence-corrected chi connectivity index (χ4v) is 5.36. The standard InChI is InChI=1S/C27H34N6O/c1-6-21(34)14-32-11-9-19(10-12-32)20-7-8-23-22(13-20)24(16(2)3)26(30-23)25-17(4)18(5)27-28-15-29-33(27)31-25/h7-8,13,15-16,19,30H,6,9-12,14H2,1-5H3. The largest absolute Gasteiger partial charge is 0.353 e. The highest BCUT2D eigenvalue weighted by molar-refractivity contribution is 5.92. The number of rotatable bonds is 6. The smallest absolute Gasteiger partial charge is 0.179 e. The molecule has 0 spiro atoms. The summed E-state index contributed by atoms with van der Waals surface area (Å²) < 4.78 is 1.63. The summed E-state index contributed by atoms with van der Waals surface area (Å²) in [7, 11) is 0. The van der Waals surface area contributed by atoms with Crippen LogP contribution in [0.15, 0.2) is 24.5 Å². The van der Waals surface area contributed by atoms with Crippen LogP contribution in [-0.4, -0.2) is 55.1 Å². The number of H-pyrrole nitrogens is 1. The normalized spacial score (nSPS) is 15.7. The molecular weight excluding hydrogens is 424 g/mol. The number of hydrogen-bond donors (Lipinski definition) is 1. The second-order valence-electron chi connectivity index (χ2n) is 9.99. The van der Waals surface area contributed by atoms with Crippen LogP contribution >= 0.6 is 0 Å². The van der Waals surface area contributed by atoms with Gasteiger partial charge in [-0.1, -0.05) is 26.8 Å². The van der Waals surface area contributed by atoms with Gasteiger partial charge in [0.15, 0.2) is 5.65 Å². The summed E-state index contributed by atoms with van der Waals surface area (Å²) in [6.45, 7) is 13.2. The minimum atomic E-state index is 0.338. The molecule has 0 bridgehead atoms. The van der Waals surface area contributed by atoms with Crippen LogP contribution < -0.4 is 0 Å². The van der Waals surface area contributed by atoms with E-state index < -0.39 is 0 Å². The van der Waals surface area contributed by atoms with Gasteiger partial charge >= 0.3 is 0 Å². The van der Waals surface area contributed by atoms with Crippen molar-refractivity contribution < 1.29 is 4.79 Å². The zero-order chi connectivity index (χ0) is 24.0. The summed E-state index contributed by atoms with van der Waals surface area (Å²) in [5.74, 6) is 1.21. The Morgan fingerprint density at radius 3 is 2.65 bits per heavy atom. The first-order valence-electron chi connectivity index (χ1n) is 12.4. The van der Waals surface area contributed by atoms with Crippen molar-refractivity contribution in [1.82, 2.24) is 29.7 Å². The van der Waals surface area contributed by atoms with Crippen LogP contribution in [-0.2, 0) is 4.79 Å². The molecule has 3 aromatic heterocycles. The predicted octanol–water partition coefficient (Wildman–Crippen LogP) is 5.17. The number of piperidine rings is 1. The lowest BCUT2D eigenvalue weighted by Crippen LogP contribution is -2.36. The number of ketones is 1. The number of hydrogen-bond acceptors (Lipinski definition) is 5. The summed E-state index contributed by atoms with van der Waals surface area (Å²) in [4.78, 5) is 22.2. The number of nitrogens with one attached hydrogen (secondary N) is 1. The number of aromatic nitrogens is 5. The lowest BCUT2D eigenvalue weighted by atomic mass is 9.87. The maximum atomic E-state index is 11.8. The molecule has 7 heteroatoms. The number of nitrogens with zero attached hydrogens (tertiary/aromatic N) is 5. The highest BCUT2D eigenvalue weighted by Crippen LogP contribution is 2.39. The number of carbonyl (C=O) groups is 1. The Labute approximate surface area is 200 Å². The lowest BCUT2D eigenvalue weighted by molar-refractivity contribution is -0.120. The van der Waals surface area contributed by atoms with Crippen LogP contribution in [0.5, 0.6) is 0 Å². The van der Waals surface area contributed by atoms with Gasteiger partial charge in [0.25, 0.3) is 0 Å². The molecule has 1 fully saturated rings. The first-order chi connectivity index (χ1) is 16.4.